The number of thiazole rings is 1. The molecule has 0 atom stereocenters. The summed E-state index contributed by atoms with van der Waals surface area (Å²) in [5.74, 6) is -1.12. The fourth-order valence-corrected chi connectivity index (χ4v) is 6.59. The number of nitrogen functional groups attached to an aromatic ring is 1. The monoisotopic (exact) mass is 556 g/mol. The Balaban J connectivity index is 1.70. The number of carbonyl (C=O) groups excluding carboxylic acids is 2. The molecule has 0 unspecified atom stereocenters. The number of nitrogens with zero attached hydrogens (tertiary/aromatic N) is 1. The average Bonchev–Trinajstić information content (AvgIpc) is 3.38. The molecule has 0 fully saturated rings. The fraction of sp³-hybridized carbons (Fsp3) is 0.160. The standard InChI is InChI=1S/C25H24N4O5S3/c1-4-34-24(31)22-19(26)18(23(35-22)28-16-8-6-5-7-9-16)20(30)21-15(3)27-25(36-21)29-37(32,33)17-12-10-14(2)11-13-17/h5-13,28H,4,26H2,1-3H3,(H,27,29). The van der Waals surface area contributed by atoms with Crippen LogP contribution in [0.4, 0.5) is 21.5 Å². The van der Waals surface area contributed by atoms with Gasteiger partial charge in [0.2, 0.25) is 5.78 Å². The molecule has 2 aromatic carbocycles. The molecular weight excluding hydrogens is 532 g/mol. The number of ether oxygens (including phenoxy) is 1. The molecule has 12 heteroatoms. The largest absolute Gasteiger partial charge is 0.462 e. The maximum Gasteiger partial charge on any atom is 0.350 e. The van der Waals surface area contributed by atoms with Gasteiger partial charge in [-0.05, 0) is 45.0 Å². The van der Waals surface area contributed by atoms with E-state index in [2.05, 4.69) is 15.0 Å². The van der Waals surface area contributed by atoms with E-state index in [0.717, 1.165) is 28.2 Å². The number of anilines is 4. The maximum atomic E-state index is 13.7. The summed E-state index contributed by atoms with van der Waals surface area (Å²) >= 11 is 1.91. The fourth-order valence-electron chi connectivity index (χ4n) is 3.41. The third-order valence-electron chi connectivity index (χ3n) is 5.22. The number of aryl methyl sites for hydroxylation is 2. The van der Waals surface area contributed by atoms with Crippen LogP contribution >= 0.6 is 22.7 Å². The molecule has 4 aromatic rings. The van der Waals surface area contributed by atoms with Gasteiger partial charge >= 0.3 is 5.97 Å². The topological polar surface area (TPSA) is 140 Å². The van der Waals surface area contributed by atoms with Gasteiger partial charge in [0.1, 0.15) is 14.8 Å². The number of benzene rings is 2. The smallest absolute Gasteiger partial charge is 0.350 e. The van der Waals surface area contributed by atoms with Crippen molar-refractivity contribution in [3.8, 4) is 0 Å². The third kappa shape index (κ3) is 5.66. The van der Waals surface area contributed by atoms with Crippen molar-refractivity contribution in [2.24, 2.45) is 0 Å². The van der Waals surface area contributed by atoms with Gasteiger partial charge in [-0.15, -0.1) is 11.3 Å². The molecule has 9 nitrogen and oxygen atoms in total. The number of nitrogens with two attached hydrogens (primary N) is 1. The molecule has 0 saturated carbocycles. The van der Waals surface area contributed by atoms with Crippen LogP contribution in [0.15, 0.2) is 59.5 Å². The van der Waals surface area contributed by atoms with Crippen LogP contribution in [-0.4, -0.2) is 31.8 Å². The first-order chi connectivity index (χ1) is 17.6. The Bertz CT molecular complexity index is 1560. The van der Waals surface area contributed by atoms with Gasteiger partial charge < -0.3 is 15.8 Å². The molecule has 37 heavy (non-hydrogen) atoms. The summed E-state index contributed by atoms with van der Waals surface area (Å²) in [4.78, 5) is 30.8. The number of thiophene rings is 1. The first-order valence-electron chi connectivity index (χ1n) is 11.1. The Labute approximate surface area is 222 Å². The number of carbonyl (C=O) groups is 2. The summed E-state index contributed by atoms with van der Waals surface area (Å²) in [5.41, 5.74) is 8.32. The van der Waals surface area contributed by atoms with Gasteiger partial charge in [0.15, 0.2) is 5.13 Å². The molecule has 0 radical (unpaired) electrons. The highest BCUT2D eigenvalue weighted by molar-refractivity contribution is 7.93. The normalized spacial score (nSPS) is 11.2. The van der Waals surface area contributed by atoms with Crippen LogP contribution in [0, 0.1) is 13.8 Å². The number of esters is 1. The van der Waals surface area contributed by atoms with Crippen molar-refractivity contribution in [3.63, 3.8) is 0 Å². The highest BCUT2D eigenvalue weighted by Crippen LogP contribution is 2.41. The molecule has 4 N–H and O–H groups in total. The summed E-state index contributed by atoms with van der Waals surface area (Å²) < 4.78 is 33.2. The highest BCUT2D eigenvalue weighted by Gasteiger charge is 2.30. The number of ketones is 1. The first kappa shape index (κ1) is 26.3. The van der Waals surface area contributed by atoms with Crippen molar-refractivity contribution in [3.05, 3.63) is 81.2 Å². The number of nitrogens with one attached hydrogen (secondary N) is 2. The molecule has 0 aliphatic heterocycles. The Kier molecular flexibility index (Phi) is 7.62. The zero-order valence-electron chi connectivity index (χ0n) is 20.2. The van der Waals surface area contributed by atoms with Crippen LogP contribution in [0.25, 0.3) is 0 Å². The van der Waals surface area contributed by atoms with E-state index in [4.69, 9.17) is 10.5 Å². The van der Waals surface area contributed by atoms with E-state index in [-0.39, 0.29) is 37.6 Å². The lowest BCUT2D eigenvalue weighted by Crippen LogP contribution is -2.12. The van der Waals surface area contributed by atoms with Gasteiger partial charge in [-0.25, -0.2) is 18.2 Å². The van der Waals surface area contributed by atoms with E-state index in [9.17, 15) is 18.0 Å². The molecule has 0 aliphatic carbocycles. The van der Waals surface area contributed by atoms with Gasteiger partial charge in [-0.3, -0.25) is 9.52 Å². The quantitative estimate of drug-likeness (QED) is 0.185. The van der Waals surface area contributed by atoms with Crippen LogP contribution in [0.2, 0.25) is 0 Å². The second kappa shape index (κ2) is 10.7. The zero-order chi connectivity index (χ0) is 26.7. The van der Waals surface area contributed by atoms with Crippen molar-refractivity contribution >= 4 is 66.0 Å². The minimum absolute atomic E-state index is 0.0125. The molecule has 0 spiro atoms. The number of hydrogen-bond acceptors (Lipinski definition) is 10. The van der Waals surface area contributed by atoms with Crippen molar-refractivity contribution in [1.82, 2.24) is 4.98 Å². The Morgan fingerprint density at radius 1 is 1.00 bits per heavy atom. The van der Waals surface area contributed by atoms with Gasteiger partial charge in [-0.1, -0.05) is 47.2 Å². The molecule has 0 bridgehead atoms. The summed E-state index contributed by atoms with van der Waals surface area (Å²) in [7, 11) is -3.90. The van der Waals surface area contributed by atoms with E-state index < -0.39 is 21.8 Å². The van der Waals surface area contributed by atoms with E-state index in [1.54, 1.807) is 26.0 Å². The Morgan fingerprint density at radius 2 is 1.68 bits per heavy atom. The van der Waals surface area contributed by atoms with Crippen molar-refractivity contribution < 1.29 is 22.7 Å². The summed E-state index contributed by atoms with van der Waals surface area (Å²) in [5, 5.41) is 3.56. The molecule has 2 aromatic heterocycles. The predicted octanol–water partition coefficient (Wildman–Crippen LogP) is 5.36. The van der Waals surface area contributed by atoms with Crippen LogP contribution < -0.4 is 15.8 Å². The molecule has 0 amide bonds. The Morgan fingerprint density at radius 3 is 2.32 bits per heavy atom. The molecule has 0 aliphatic rings. The van der Waals surface area contributed by atoms with Crippen LogP contribution in [0.5, 0.6) is 0 Å². The second-order valence-electron chi connectivity index (χ2n) is 7.94. The summed E-state index contributed by atoms with van der Waals surface area (Å²) in [6.07, 6.45) is 0. The zero-order valence-corrected chi connectivity index (χ0v) is 22.6. The maximum absolute atomic E-state index is 13.7. The second-order valence-corrected chi connectivity index (χ2v) is 11.6. The molecule has 4 rings (SSSR count). The number of aromatic nitrogens is 1. The summed E-state index contributed by atoms with van der Waals surface area (Å²) in [6, 6.07) is 15.5. The lowest BCUT2D eigenvalue weighted by molar-refractivity contribution is 0.0533. The van der Waals surface area contributed by atoms with Crippen LogP contribution in [0.3, 0.4) is 0 Å². The van der Waals surface area contributed by atoms with Crippen LogP contribution in [-0.2, 0) is 14.8 Å². The minimum Gasteiger partial charge on any atom is -0.462 e. The molecule has 0 saturated heterocycles. The first-order valence-corrected chi connectivity index (χ1v) is 14.3. The number of hydrogen-bond donors (Lipinski definition) is 3. The number of rotatable bonds is 9. The van der Waals surface area contributed by atoms with E-state index >= 15 is 0 Å². The molecular formula is C25H24N4O5S3. The lowest BCUT2D eigenvalue weighted by Gasteiger charge is -2.07. The predicted molar refractivity (Wildman–Crippen MR) is 147 cm³/mol. The highest BCUT2D eigenvalue weighted by atomic mass is 32.2. The lowest BCUT2D eigenvalue weighted by atomic mass is 10.1. The third-order valence-corrected chi connectivity index (χ3v) is 8.88. The van der Waals surface area contributed by atoms with Gasteiger partial charge in [-0.2, -0.15) is 0 Å². The van der Waals surface area contributed by atoms with Gasteiger partial charge in [0.05, 0.1) is 28.4 Å². The van der Waals surface area contributed by atoms with E-state index in [1.165, 1.54) is 12.1 Å². The number of para-hydroxylation sites is 1. The van der Waals surface area contributed by atoms with Crippen molar-refractivity contribution in [2.75, 3.05) is 22.4 Å². The number of sulfonamides is 1. The van der Waals surface area contributed by atoms with Crippen molar-refractivity contribution in [2.45, 2.75) is 25.7 Å². The average molecular weight is 557 g/mol. The summed E-state index contributed by atoms with van der Waals surface area (Å²) in [6.45, 7) is 5.29. The molecule has 2 heterocycles. The van der Waals surface area contributed by atoms with E-state index in [1.807, 2.05) is 37.3 Å². The van der Waals surface area contributed by atoms with Crippen molar-refractivity contribution in [1.29, 1.82) is 0 Å². The van der Waals surface area contributed by atoms with Gasteiger partial charge in [0.25, 0.3) is 10.0 Å². The van der Waals surface area contributed by atoms with Crippen LogP contribution in [0.1, 0.15) is 43.1 Å². The molecule has 192 valence electrons. The SMILES string of the molecule is CCOC(=O)c1sc(Nc2ccccc2)c(C(=O)c2sc(NS(=O)(=O)c3ccc(C)cc3)nc2C)c1N. The van der Waals surface area contributed by atoms with E-state index in [0.29, 0.717) is 16.4 Å². The van der Waals surface area contributed by atoms with Gasteiger partial charge in [0, 0.05) is 5.69 Å². The minimum atomic E-state index is -3.90. The Hall–Kier alpha value is -3.74.